The molecule has 0 fully saturated rings. The molecule has 1 heterocycles. The topological polar surface area (TPSA) is 12.0 Å². The predicted molar refractivity (Wildman–Crippen MR) is 59.9 cm³/mol. The van der Waals surface area contributed by atoms with Gasteiger partial charge in [-0.15, -0.1) is 0 Å². The molecule has 0 saturated carbocycles. The van der Waals surface area contributed by atoms with Gasteiger partial charge in [0.1, 0.15) is 0 Å². The highest BCUT2D eigenvalue weighted by atomic mass is 14.8. The highest BCUT2D eigenvalue weighted by Gasteiger charge is 2.17. The van der Waals surface area contributed by atoms with Crippen LogP contribution in [0.4, 0.5) is 5.69 Å². The third-order valence-corrected chi connectivity index (χ3v) is 2.39. The minimum absolute atomic E-state index is 0.368. The fraction of sp³-hybridized carbons (Fsp3) is 0.0909. The van der Waals surface area contributed by atoms with Crippen LogP contribution >= 0.6 is 0 Å². The van der Waals surface area contributed by atoms with Crippen LogP contribution in [0.5, 0.6) is 0 Å². The van der Waals surface area contributed by atoms with Crippen LogP contribution in [0.1, 0.15) is 5.56 Å². The second-order valence-corrected chi connectivity index (χ2v) is 3.30. The van der Waals surface area contributed by atoms with Crippen LogP contribution in [0.15, 0.2) is 42.4 Å². The summed E-state index contributed by atoms with van der Waals surface area (Å²) >= 11 is 0. The third-order valence-electron chi connectivity index (χ3n) is 2.39. The largest absolute Gasteiger partial charge is 0.424 e. The highest BCUT2D eigenvalue weighted by molar-refractivity contribution is 6.71. The molecule has 0 bridgehead atoms. The van der Waals surface area contributed by atoms with Crippen LogP contribution in [-0.4, -0.2) is 6.85 Å². The molecule has 1 aromatic carbocycles. The summed E-state index contributed by atoms with van der Waals surface area (Å²) in [5.41, 5.74) is 3.70. The maximum absolute atomic E-state index is 3.80. The highest BCUT2D eigenvalue weighted by Crippen LogP contribution is 2.25. The Hall–Kier alpha value is -1.44. The van der Waals surface area contributed by atoms with Gasteiger partial charge in [0.25, 0.3) is 6.85 Å². The van der Waals surface area contributed by atoms with E-state index >= 15 is 0 Å². The molecule has 1 aliphatic heterocycles. The number of fused-ring (bicyclic) bond motifs is 1. The lowest BCUT2D eigenvalue weighted by Crippen LogP contribution is -2.25. The van der Waals surface area contributed by atoms with Crippen molar-refractivity contribution < 1.29 is 0 Å². The number of para-hydroxylation sites is 1. The van der Waals surface area contributed by atoms with E-state index < -0.39 is 0 Å². The van der Waals surface area contributed by atoms with E-state index in [0.29, 0.717) is 6.85 Å². The van der Waals surface area contributed by atoms with Gasteiger partial charge in [0.2, 0.25) is 0 Å². The number of benzene rings is 1. The van der Waals surface area contributed by atoms with Gasteiger partial charge in [-0.05, 0) is 11.6 Å². The predicted octanol–water partition coefficient (Wildman–Crippen LogP) is 2.84. The zero-order valence-corrected chi connectivity index (χ0v) is 7.75. The van der Waals surface area contributed by atoms with Crippen molar-refractivity contribution in [2.24, 2.45) is 0 Å². The molecule has 13 heavy (non-hydrogen) atoms. The molecule has 0 aromatic heterocycles. The van der Waals surface area contributed by atoms with Crippen molar-refractivity contribution >= 4 is 18.6 Å². The summed E-state index contributed by atoms with van der Waals surface area (Å²) in [5.74, 6) is 0. The number of hydrogen-bond acceptors (Lipinski definition) is 1. The zero-order valence-electron chi connectivity index (χ0n) is 7.75. The molecular formula is C11H12BN. The Morgan fingerprint density at radius 3 is 2.92 bits per heavy atom. The van der Waals surface area contributed by atoms with Gasteiger partial charge in [-0.2, -0.15) is 0 Å². The van der Waals surface area contributed by atoms with Crippen molar-refractivity contribution in [3.8, 4) is 0 Å². The summed E-state index contributed by atoms with van der Waals surface area (Å²) in [7, 11) is 0. The van der Waals surface area contributed by atoms with Crippen molar-refractivity contribution in [3.05, 3.63) is 48.0 Å². The Balaban J connectivity index is 2.49. The second-order valence-electron chi connectivity index (χ2n) is 3.30. The van der Waals surface area contributed by atoms with Crippen LogP contribution in [0.2, 0.25) is 6.82 Å². The van der Waals surface area contributed by atoms with Crippen LogP contribution in [-0.2, 0) is 0 Å². The van der Waals surface area contributed by atoms with Crippen molar-refractivity contribution in [1.82, 2.24) is 0 Å². The van der Waals surface area contributed by atoms with Crippen LogP contribution < -0.4 is 5.23 Å². The van der Waals surface area contributed by atoms with E-state index in [2.05, 4.69) is 36.8 Å². The van der Waals surface area contributed by atoms with Gasteiger partial charge < -0.3 is 5.23 Å². The van der Waals surface area contributed by atoms with Gasteiger partial charge in [0.05, 0.1) is 0 Å². The number of allylic oxidation sites excluding steroid dienone is 2. The molecule has 0 radical (unpaired) electrons. The van der Waals surface area contributed by atoms with Gasteiger partial charge in [-0.1, -0.05) is 49.2 Å². The molecular weight excluding hydrogens is 157 g/mol. The summed E-state index contributed by atoms with van der Waals surface area (Å²) in [5, 5.41) is 3.42. The van der Waals surface area contributed by atoms with Crippen LogP contribution in [0, 0.1) is 0 Å². The van der Waals surface area contributed by atoms with E-state index in [9.17, 15) is 0 Å². The van der Waals surface area contributed by atoms with Crippen molar-refractivity contribution in [2.45, 2.75) is 6.82 Å². The average molecular weight is 169 g/mol. The SMILES string of the molecule is C=CC1=Cc2ccccc2NB1C. The maximum atomic E-state index is 3.80. The first kappa shape index (κ1) is 8.18. The Bertz CT molecular complexity index is 368. The fourth-order valence-electron chi connectivity index (χ4n) is 1.61. The average Bonchev–Trinajstić information content (AvgIpc) is 2.17. The molecule has 1 aromatic rings. The first-order valence-electron chi connectivity index (χ1n) is 4.51. The summed E-state index contributed by atoms with van der Waals surface area (Å²) < 4.78 is 0. The van der Waals surface area contributed by atoms with Crippen molar-refractivity contribution in [2.75, 3.05) is 5.23 Å². The number of anilines is 1. The van der Waals surface area contributed by atoms with E-state index in [1.54, 1.807) is 0 Å². The summed E-state index contributed by atoms with van der Waals surface area (Å²) in [4.78, 5) is 0. The Morgan fingerprint density at radius 1 is 1.38 bits per heavy atom. The summed E-state index contributed by atoms with van der Waals surface area (Å²) in [6.45, 7) is 6.31. The minimum Gasteiger partial charge on any atom is -0.424 e. The maximum Gasteiger partial charge on any atom is 0.282 e. The van der Waals surface area contributed by atoms with E-state index in [1.807, 2.05) is 18.2 Å². The zero-order chi connectivity index (χ0) is 9.26. The fourth-order valence-corrected chi connectivity index (χ4v) is 1.61. The number of hydrogen-bond donors (Lipinski definition) is 1. The van der Waals surface area contributed by atoms with E-state index in [1.165, 1.54) is 16.7 Å². The lowest BCUT2D eigenvalue weighted by Gasteiger charge is -2.20. The van der Waals surface area contributed by atoms with Gasteiger partial charge in [0.15, 0.2) is 0 Å². The second kappa shape index (κ2) is 3.13. The molecule has 1 aliphatic rings. The molecule has 0 atom stereocenters. The molecule has 0 unspecified atom stereocenters. The number of nitrogens with one attached hydrogen (secondary N) is 1. The monoisotopic (exact) mass is 169 g/mol. The molecule has 0 amide bonds. The first-order valence-corrected chi connectivity index (χ1v) is 4.51. The van der Waals surface area contributed by atoms with E-state index in [4.69, 9.17) is 0 Å². The first-order chi connectivity index (χ1) is 6.31. The van der Waals surface area contributed by atoms with E-state index in [-0.39, 0.29) is 0 Å². The Labute approximate surface area is 79.3 Å². The molecule has 0 saturated heterocycles. The normalized spacial score (nSPS) is 14.2. The quantitative estimate of drug-likeness (QED) is 0.637. The van der Waals surface area contributed by atoms with Crippen molar-refractivity contribution in [1.29, 1.82) is 0 Å². The third kappa shape index (κ3) is 1.40. The Kier molecular flexibility index (Phi) is 1.97. The molecule has 0 spiro atoms. The molecule has 0 aliphatic carbocycles. The van der Waals surface area contributed by atoms with Crippen molar-refractivity contribution in [3.63, 3.8) is 0 Å². The summed E-state index contributed by atoms with van der Waals surface area (Å²) in [6.07, 6.45) is 4.09. The molecule has 1 nitrogen and oxygen atoms in total. The molecule has 64 valence electrons. The lowest BCUT2D eigenvalue weighted by molar-refractivity contribution is 1.57. The van der Waals surface area contributed by atoms with Crippen LogP contribution in [0.25, 0.3) is 6.08 Å². The van der Waals surface area contributed by atoms with Gasteiger partial charge in [-0.3, -0.25) is 0 Å². The standard InChI is InChI=1S/C11H12BN/c1-3-10-8-9-6-4-5-7-11(9)13-12(10)2/h3-8,13H,1H2,2H3. The Morgan fingerprint density at radius 2 is 2.15 bits per heavy atom. The summed E-state index contributed by atoms with van der Waals surface area (Å²) in [6, 6.07) is 8.30. The smallest absolute Gasteiger partial charge is 0.282 e. The molecule has 2 heteroatoms. The van der Waals surface area contributed by atoms with Gasteiger partial charge in [0, 0.05) is 5.69 Å². The number of rotatable bonds is 1. The molecule has 2 rings (SSSR count). The minimum atomic E-state index is 0.368. The van der Waals surface area contributed by atoms with Crippen LogP contribution in [0.3, 0.4) is 0 Å². The lowest BCUT2D eigenvalue weighted by atomic mass is 9.55. The van der Waals surface area contributed by atoms with Gasteiger partial charge in [-0.25, -0.2) is 0 Å². The van der Waals surface area contributed by atoms with E-state index in [0.717, 1.165) is 0 Å². The molecule has 1 N–H and O–H groups in total. The van der Waals surface area contributed by atoms with Gasteiger partial charge >= 0.3 is 0 Å².